The molecule has 2 saturated heterocycles. The minimum absolute atomic E-state index is 0.104. The number of urea groups is 1. The summed E-state index contributed by atoms with van der Waals surface area (Å²) < 4.78 is 0. The zero-order chi connectivity index (χ0) is 31.8. The summed E-state index contributed by atoms with van der Waals surface area (Å²) in [5.41, 5.74) is 3.34. The number of piperazine rings is 1. The molecule has 3 heterocycles. The molecule has 7 rings (SSSR count). The molecule has 2 aliphatic rings. The predicted molar refractivity (Wildman–Crippen MR) is 172 cm³/mol. The number of rotatable bonds is 6. The first-order valence-corrected chi connectivity index (χ1v) is 15.3. The smallest absolute Gasteiger partial charge is 0.343 e. The lowest BCUT2D eigenvalue weighted by atomic mass is 9.95. The maximum absolute atomic E-state index is 14.4. The van der Waals surface area contributed by atoms with Gasteiger partial charge in [-0.2, -0.15) is 5.06 Å². The molecule has 0 saturated carbocycles. The van der Waals surface area contributed by atoms with Gasteiger partial charge in [0.2, 0.25) is 5.91 Å². The van der Waals surface area contributed by atoms with Gasteiger partial charge in [0.05, 0.1) is 11.6 Å². The average Bonchev–Trinajstić information content (AvgIpc) is 3.08. The highest BCUT2D eigenvalue weighted by atomic mass is 16.7. The number of fused-ring (bicyclic) bond motifs is 3. The molecule has 4 aromatic carbocycles. The third kappa shape index (κ3) is 5.37. The van der Waals surface area contributed by atoms with Gasteiger partial charge in [-0.25, -0.2) is 4.79 Å². The van der Waals surface area contributed by atoms with Gasteiger partial charge in [0, 0.05) is 31.1 Å². The molecule has 5 aromatic rings. The number of hydrogen-bond donors (Lipinski definition) is 2. The molecule has 10 nitrogen and oxygen atoms in total. The Balaban J connectivity index is 1.22. The van der Waals surface area contributed by atoms with Crippen LogP contribution in [0.1, 0.15) is 23.6 Å². The minimum atomic E-state index is -0.904. The standard InChI is InChI=1S/C36H33N5O5/c1-23-34-40(32(43)22-46-41(34)36(45)38-20-27-10-4-8-25-7-2-3-13-30(25)27)31(19-24-14-16-29(42)17-15-24)35(44)39(23)21-28-11-5-9-26-12-6-18-37-33(26)28/h2-18,23,31,34,42H,19-22H2,1H3,(H,38,45)/t23-,31-,34-/m0/s1. The first-order valence-electron chi connectivity index (χ1n) is 15.3. The zero-order valence-electron chi connectivity index (χ0n) is 25.2. The van der Waals surface area contributed by atoms with Crippen molar-refractivity contribution in [2.24, 2.45) is 0 Å². The quantitative estimate of drug-likeness (QED) is 0.285. The largest absolute Gasteiger partial charge is 0.508 e. The Hall–Kier alpha value is -5.48. The fourth-order valence-electron chi connectivity index (χ4n) is 6.61. The van der Waals surface area contributed by atoms with Crippen LogP contribution in [0.25, 0.3) is 21.7 Å². The number of nitrogens with one attached hydrogen (secondary N) is 1. The lowest BCUT2D eigenvalue weighted by Crippen LogP contribution is -2.75. The van der Waals surface area contributed by atoms with E-state index in [4.69, 9.17) is 4.84 Å². The summed E-state index contributed by atoms with van der Waals surface area (Å²) >= 11 is 0. The van der Waals surface area contributed by atoms with Crippen LogP contribution in [0.2, 0.25) is 0 Å². The molecular formula is C36H33N5O5. The van der Waals surface area contributed by atoms with Gasteiger partial charge in [-0.05, 0) is 52.6 Å². The van der Waals surface area contributed by atoms with E-state index in [9.17, 15) is 19.5 Å². The van der Waals surface area contributed by atoms with Gasteiger partial charge in [-0.15, -0.1) is 0 Å². The number of phenols is 1. The second-order valence-electron chi connectivity index (χ2n) is 11.7. The fraction of sp³-hybridized carbons (Fsp3) is 0.222. The molecule has 10 heteroatoms. The number of hydroxylamine groups is 2. The monoisotopic (exact) mass is 615 g/mol. The Kier molecular flexibility index (Phi) is 7.71. The normalized spacial score (nSPS) is 19.8. The van der Waals surface area contributed by atoms with Crippen LogP contribution >= 0.6 is 0 Å². The molecule has 0 unspecified atom stereocenters. The van der Waals surface area contributed by atoms with Crippen LogP contribution in [0.3, 0.4) is 0 Å². The van der Waals surface area contributed by atoms with Crippen molar-refractivity contribution < 1.29 is 24.3 Å². The summed E-state index contributed by atoms with van der Waals surface area (Å²) in [6, 6.07) is 28.1. The van der Waals surface area contributed by atoms with E-state index < -0.39 is 24.3 Å². The number of nitrogens with zero attached hydrogens (tertiary/aromatic N) is 4. The molecule has 2 aliphatic heterocycles. The number of carbonyl (C=O) groups excluding carboxylic acids is 3. The molecule has 0 spiro atoms. The molecule has 2 fully saturated rings. The third-order valence-electron chi connectivity index (χ3n) is 8.90. The molecular weight excluding hydrogens is 582 g/mol. The number of hydrogen-bond acceptors (Lipinski definition) is 6. The van der Waals surface area contributed by atoms with Crippen molar-refractivity contribution in [3.8, 4) is 5.75 Å². The molecule has 232 valence electrons. The number of aromatic nitrogens is 1. The highest BCUT2D eigenvalue weighted by molar-refractivity contribution is 5.92. The maximum atomic E-state index is 14.4. The SMILES string of the molecule is C[C@H]1[C@@H]2N(C(=O)NCc3cccc4ccccc34)OCC(=O)N2[C@@H](Cc2ccc(O)cc2)C(=O)N1Cc1cccc2cccnc12. The summed E-state index contributed by atoms with van der Waals surface area (Å²) in [4.78, 5) is 55.4. The Bertz CT molecular complexity index is 1940. The van der Waals surface area contributed by atoms with Crippen LogP contribution < -0.4 is 5.32 Å². The van der Waals surface area contributed by atoms with Crippen LogP contribution in [0, 0.1) is 0 Å². The number of pyridine rings is 1. The topological polar surface area (TPSA) is 115 Å². The van der Waals surface area contributed by atoms with Gasteiger partial charge in [-0.3, -0.25) is 19.4 Å². The highest BCUT2D eigenvalue weighted by Gasteiger charge is 2.53. The number of para-hydroxylation sites is 1. The van der Waals surface area contributed by atoms with E-state index >= 15 is 0 Å². The van der Waals surface area contributed by atoms with Crippen molar-refractivity contribution in [1.29, 1.82) is 0 Å². The number of carbonyl (C=O) groups is 3. The predicted octanol–water partition coefficient (Wildman–Crippen LogP) is 4.75. The average molecular weight is 616 g/mol. The highest BCUT2D eigenvalue weighted by Crippen LogP contribution is 2.33. The van der Waals surface area contributed by atoms with E-state index in [1.807, 2.05) is 79.7 Å². The first kappa shape index (κ1) is 29.2. The second kappa shape index (κ2) is 12.1. The molecule has 1 aromatic heterocycles. The summed E-state index contributed by atoms with van der Waals surface area (Å²) in [5, 5.41) is 17.1. The van der Waals surface area contributed by atoms with E-state index in [0.29, 0.717) is 0 Å². The molecule has 3 atom stereocenters. The van der Waals surface area contributed by atoms with Gasteiger partial charge >= 0.3 is 6.03 Å². The van der Waals surface area contributed by atoms with Crippen LogP contribution in [0.15, 0.2) is 103 Å². The van der Waals surface area contributed by atoms with Crippen molar-refractivity contribution >= 4 is 39.5 Å². The van der Waals surface area contributed by atoms with Gasteiger partial charge in [0.15, 0.2) is 12.8 Å². The lowest BCUT2D eigenvalue weighted by molar-refractivity contribution is -0.245. The summed E-state index contributed by atoms with van der Waals surface area (Å²) in [5.74, 6) is -0.513. The number of amides is 4. The van der Waals surface area contributed by atoms with E-state index in [2.05, 4.69) is 10.3 Å². The Labute approximate surface area is 265 Å². The lowest BCUT2D eigenvalue weighted by Gasteiger charge is -2.54. The molecule has 2 N–H and O–H groups in total. The summed E-state index contributed by atoms with van der Waals surface area (Å²) in [6.07, 6.45) is 1.03. The maximum Gasteiger partial charge on any atom is 0.343 e. The van der Waals surface area contributed by atoms with E-state index in [0.717, 1.165) is 38.4 Å². The zero-order valence-corrected chi connectivity index (χ0v) is 25.2. The van der Waals surface area contributed by atoms with Gasteiger partial charge in [-0.1, -0.05) is 78.9 Å². The minimum Gasteiger partial charge on any atom is -0.508 e. The Morgan fingerprint density at radius 1 is 0.913 bits per heavy atom. The van der Waals surface area contributed by atoms with Crippen LogP contribution in [-0.4, -0.2) is 67.7 Å². The van der Waals surface area contributed by atoms with Crippen molar-refractivity contribution in [3.63, 3.8) is 0 Å². The first-order chi connectivity index (χ1) is 22.4. The van der Waals surface area contributed by atoms with Crippen molar-refractivity contribution in [1.82, 2.24) is 25.2 Å². The molecule has 4 amide bonds. The van der Waals surface area contributed by atoms with Crippen LogP contribution in [0.5, 0.6) is 5.75 Å². The van der Waals surface area contributed by atoms with Crippen molar-refractivity contribution in [2.75, 3.05) is 6.61 Å². The molecule has 46 heavy (non-hydrogen) atoms. The van der Waals surface area contributed by atoms with Crippen LogP contribution in [0.4, 0.5) is 4.79 Å². The van der Waals surface area contributed by atoms with E-state index in [-0.39, 0.29) is 43.7 Å². The van der Waals surface area contributed by atoms with E-state index in [1.54, 1.807) is 35.4 Å². The summed E-state index contributed by atoms with van der Waals surface area (Å²) in [6.45, 7) is 1.93. The third-order valence-corrected chi connectivity index (χ3v) is 8.90. The van der Waals surface area contributed by atoms with Crippen molar-refractivity contribution in [2.45, 2.75) is 44.7 Å². The molecule has 0 aliphatic carbocycles. The Morgan fingerprint density at radius 3 is 2.46 bits per heavy atom. The number of benzene rings is 4. The Morgan fingerprint density at radius 2 is 1.63 bits per heavy atom. The fourth-order valence-corrected chi connectivity index (χ4v) is 6.61. The van der Waals surface area contributed by atoms with Crippen molar-refractivity contribution in [3.05, 3.63) is 120 Å². The number of aromatic hydroxyl groups is 1. The molecule has 0 radical (unpaired) electrons. The van der Waals surface area contributed by atoms with Gasteiger partial charge < -0.3 is 20.2 Å². The second-order valence-corrected chi connectivity index (χ2v) is 11.7. The van der Waals surface area contributed by atoms with Crippen LogP contribution in [-0.2, 0) is 33.9 Å². The van der Waals surface area contributed by atoms with Gasteiger partial charge in [0.25, 0.3) is 5.91 Å². The summed E-state index contributed by atoms with van der Waals surface area (Å²) in [7, 11) is 0. The molecule has 0 bridgehead atoms. The van der Waals surface area contributed by atoms with Gasteiger partial charge in [0.1, 0.15) is 11.8 Å². The van der Waals surface area contributed by atoms with E-state index in [1.165, 1.54) is 9.96 Å². The number of phenolic OH excluding ortho intramolecular Hbond substituents is 1.